The maximum atomic E-state index is 12.1. The molecule has 1 unspecified atom stereocenters. The molecule has 0 aliphatic carbocycles. The van der Waals surface area contributed by atoms with E-state index in [1.807, 2.05) is 49.4 Å². The largest absolute Gasteiger partial charge is 0.365 e. The normalized spacial score (nSPS) is 17.6. The van der Waals surface area contributed by atoms with Gasteiger partial charge in [-0.1, -0.05) is 35.9 Å². The predicted molar refractivity (Wildman–Crippen MR) is 92.0 cm³/mol. The van der Waals surface area contributed by atoms with Gasteiger partial charge in [-0.2, -0.15) is 0 Å². The first kappa shape index (κ1) is 16.2. The van der Waals surface area contributed by atoms with Crippen LogP contribution in [0.25, 0.3) is 0 Å². The molecule has 1 atom stereocenters. The Balaban J connectivity index is 1.60. The van der Waals surface area contributed by atoms with Crippen LogP contribution in [0.1, 0.15) is 15.9 Å². The molecule has 0 saturated carbocycles. The van der Waals surface area contributed by atoms with E-state index in [0.717, 1.165) is 11.3 Å². The second kappa shape index (κ2) is 7.27. The molecular weight excluding hydrogens is 304 g/mol. The minimum Gasteiger partial charge on any atom is -0.365 e. The van der Waals surface area contributed by atoms with Crippen LogP contribution in [0.3, 0.4) is 0 Å². The van der Waals surface area contributed by atoms with Crippen molar-refractivity contribution in [1.29, 1.82) is 0 Å². The molecule has 5 heteroatoms. The van der Waals surface area contributed by atoms with Gasteiger partial charge in [0.25, 0.3) is 11.8 Å². The van der Waals surface area contributed by atoms with Crippen LogP contribution in [0, 0.1) is 6.92 Å². The van der Waals surface area contributed by atoms with E-state index in [4.69, 9.17) is 4.74 Å². The monoisotopic (exact) mass is 324 g/mol. The molecule has 1 fully saturated rings. The summed E-state index contributed by atoms with van der Waals surface area (Å²) in [5.74, 6) is -0.206. The molecule has 2 aromatic carbocycles. The number of morpholine rings is 1. The molecule has 3 rings (SSSR count). The standard InChI is InChI=1S/C19H20N2O3/c1-14-7-9-16(10-8-14)21-12-17(24-13-18(21)22)11-20-19(23)15-5-3-2-4-6-15/h2-10,17H,11-13H2,1H3,(H,20,23). The van der Waals surface area contributed by atoms with E-state index in [1.54, 1.807) is 17.0 Å². The molecule has 24 heavy (non-hydrogen) atoms. The summed E-state index contributed by atoms with van der Waals surface area (Å²) in [4.78, 5) is 25.9. The molecule has 5 nitrogen and oxygen atoms in total. The minimum absolute atomic E-state index is 0.0275. The number of aryl methyl sites for hydroxylation is 1. The van der Waals surface area contributed by atoms with Crippen LogP contribution < -0.4 is 10.2 Å². The molecule has 0 bridgehead atoms. The lowest BCUT2D eigenvalue weighted by Gasteiger charge is -2.33. The van der Waals surface area contributed by atoms with E-state index in [1.165, 1.54) is 0 Å². The van der Waals surface area contributed by atoms with Gasteiger partial charge in [-0.15, -0.1) is 0 Å². The lowest BCUT2D eigenvalue weighted by Crippen LogP contribution is -2.50. The molecule has 2 amide bonds. The Kier molecular flexibility index (Phi) is 4.91. The van der Waals surface area contributed by atoms with Crippen LogP contribution in [0.5, 0.6) is 0 Å². The first-order chi connectivity index (χ1) is 11.6. The first-order valence-electron chi connectivity index (χ1n) is 7.95. The molecule has 1 saturated heterocycles. The third kappa shape index (κ3) is 3.81. The van der Waals surface area contributed by atoms with Gasteiger partial charge in [0, 0.05) is 17.8 Å². The van der Waals surface area contributed by atoms with Crippen LogP contribution in [0.2, 0.25) is 0 Å². The zero-order valence-electron chi connectivity index (χ0n) is 13.6. The molecule has 0 radical (unpaired) electrons. The number of amides is 2. The number of carbonyl (C=O) groups excluding carboxylic acids is 2. The number of benzene rings is 2. The molecule has 1 aliphatic rings. The summed E-state index contributed by atoms with van der Waals surface area (Å²) in [5.41, 5.74) is 2.61. The number of ether oxygens (including phenoxy) is 1. The van der Waals surface area contributed by atoms with Crippen LogP contribution >= 0.6 is 0 Å². The summed E-state index contributed by atoms with van der Waals surface area (Å²) in [6.45, 7) is 2.83. The van der Waals surface area contributed by atoms with Gasteiger partial charge in [0.05, 0.1) is 12.6 Å². The fraction of sp³-hybridized carbons (Fsp3) is 0.263. The lowest BCUT2D eigenvalue weighted by atomic mass is 10.1. The lowest BCUT2D eigenvalue weighted by molar-refractivity contribution is -0.129. The molecule has 0 spiro atoms. The zero-order chi connectivity index (χ0) is 16.9. The van der Waals surface area contributed by atoms with Crippen molar-refractivity contribution in [2.45, 2.75) is 13.0 Å². The van der Waals surface area contributed by atoms with Crippen molar-refractivity contribution in [3.8, 4) is 0 Å². The number of anilines is 1. The van der Waals surface area contributed by atoms with E-state index in [0.29, 0.717) is 18.7 Å². The Morgan fingerprint density at radius 3 is 2.58 bits per heavy atom. The first-order valence-corrected chi connectivity index (χ1v) is 7.95. The van der Waals surface area contributed by atoms with Crippen LogP contribution in [-0.2, 0) is 9.53 Å². The smallest absolute Gasteiger partial charge is 0.253 e. The number of carbonyl (C=O) groups is 2. The van der Waals surface area contributed by atoms with Crippen LogP contribution in [0.15, 0.2) is 54.6 Å². The summed E-state index contributed by atoms with van der Waals surface area (Å²) >= 11 is 0. The summed E-state index contributed by atoms with van der Waals surface area (Å²) in [5, 5.41) is 2.86. The second-order valence-corrected chi connectivity index (χ2v) is 5.85. The van der Waals surface area contributed by atoms with Crippen molar-refractivity contribution in [2.24, 2.45) is 0 Å². The van der Waals surface area contributed by atoms with Crippen molar-refractivity contribution in [3.05, 3.63) is 65.7 Å². The molecule has 124 valence electrons. The summed E-state index contributed by atoms with van der Waals surface area (Å²) in [6.07, 6.45) is -0.225. The van der Waals surface area contributed by atoms with Crippen molar-refractivity contribution in [2.75, 3.05) is 24.6 Å². The van der Waals surface area contributed by atoms with Gasteiger partial charge < -0.3 is 15.0 Å². The van der Waals surface area contributed by atoms with Crippen molar-refractivity contribution < 1.29 is 14.3 Å². The highest BCUT2D eigenvalue weighted by Gasteiger charge is 2.27. The topological polar surface area (TPSA) is 58.6 Å². The Morgan fingerprint density at radius 2 is 1.88 bits per heavy atom. The van der Waals surface area contributed by atoms with Crippen LogP contribution in [0.4, 0.5) is 5.69 Å². The molecule has 0 aromatic heterocycles. The van der Waals surface area contributed by atoms with E-state index < -0.39 is 0 Å². The molecule has 1 N–H and O–H groups in total. The third-order valence-corrected chi connectivity index (χ3v) is 4.00. The second-order valence-electron chi connectivity index (χ2n) is 5.85. The number of hydrogen-bond donors (Lipinski definition) is 1. The van der Waals surface area contributed by atoms with Gasteiger partial charge in [-0.3, -0.25) is 9.59 Å². The maximum Gasteiger partial charge on any atom is 0.253 e. The Morgan fingerprint density at radius 1 is 1.17 bits per heavy atom. The van der Waals surface area contributed by atoms with Gasteiger partial charge in [0.2, 0.25) is 0 Å². The molecule has 1 heterocycles. The van der Waals surface area contributed by atoms with E-state index in [-0.39, 0.29) is 24.5 Å². The fourth-order valence-corrected chi connectivity index (χ4v) is 2.62. The Bertz CT molecular complexity index is 713. The van der Waals surface area contributed by atoms with E-state index in [9.17, 15) is 9.59 Å². The fourth-order valence-electron chi connectivity index (χ4n) is 2.62. The number of nitrogens with one attached hydrogen (secondary N) is 1. The van der Waals surface area contributed by atoms with Gasteiger partial charge in [-0.05, 0) is 31.2 Å². The zero-order valence-corrected chi connectivity index (χ0v) is 13.6. The Labute approximate surface area is 141 Å². The summed E-state index contributed by atoms with van der Waals surface area (Å²) in [7, 11) is 0. The summed E-state index contributed by atoms with van der Waals surface area (Å²) in [6, 6.07) is 16.9. The molecule has 2 aromatic rings. The van der Waals surface area contributed by atoms with Crippen molar-refractivity contribution in [3.63, 3.8) is 0 Å². The summed E-state index contributed by atoms with van der Waals surface area (Å²) < 4.78 is 5.55. The van der Waals surface area contributed by atoms with Gasteiger partial charge in [-0.25, -0.2) is 0 Å². The third-order valence-electron chi connectivity index (χ3n) is 4.00. The molecular formula is C19H20N2O3. The average molecular weight is 324 g/mol. The van der Waals surface area contributed by atoms with Gasteiger partial charge in [0.15, 0.2) is 0 Å². The predicted octanol–water partition coefficient (Wildman–Crippen LogP) is 2.16. The SMILES string of the molecule is Cc1ccc(N2CC(CNC(=O)c3ccccc3)OCC2=O)cc1. The van der Waals surface area contributed by atoms with Crippen LogP contribution in [-0.4, -0.2) is 37.6 Å². The highest BCUT2D eigenvalue weighted by molar-refractivity contribution is 5.95. The maximum absolute atomic E-state index is 12.1. The highest BCUT2D eigenvalue weighted by atomic mass is 16.5. The number of nitrogens with zero attached hydrogens (tertiary/aromatic N) is 1. The van der Waals surface area contributed by atoms with Crippen molar-refractivity contribution >= 4 is 17.5 Å². The highest BCUT2D eigenvalue weighted by Crippen LogP contribution is 2.19. The van der Waals surface area contributed by atoms with Gasteiger partial charge >= 0.3 is 0 Å². The molecule has 1 aliphatic heterocycles. The minimum atomic E-state index is -0.225. The quantitative estimate of drug-likeness (QED) is 0.937. The average Bonchev–Trinajstić information content (AvgIpc) is 2.62. The van der Waals surface area contributed by atoms with Crippen molar-refractivity contribution in [1.82, 2.24) is 5.32 Å². The van der Waals surface area contributed by atoms with E-state index in [2.05, 4.69) is 5.32 Å². The number of hydrogen-bond acceptors (Lipinski definition) is 3. The van der Waals surface area contributed by atoms with E-state index >= 15 is 0 Å². The van der Waals surface area contributed by atoms with Gasteiger partial charge in [0.1, 0.15) is 6.61 Å². The number of rotatable bonds is 4. The Hall–Kier alpha value is -2.66.